The summed E-state index contributed by atoms with van der Waals surface area (Å²) in [7, 11) is 0. The Morgan fingerprint density at radius 3 is 2.95 bits per heavy atom. The van der Waals surface area contributed by atoms with Gasteiger partial charge in [0, 0.05) is 0 Å². The van der Waals surface area contributed by atoms with Gasteiger partial charge in [0.15, 0.2) is 0 Å². The van der Waals surface area contributed by atoms with E-state index in [1.54, 1.807) is 19.1 Å². The average molecular weight is 290 g/mol. The standard InChI is InChI=1S/C12H11FN6S/c1-8(9-2-4-10(13)5-3-9)16-17-11-15-12(19-18-11)20-7-6-14/h2-5H,7H2,1H3,(H2,15,17,18,19)/b16-8+. The van der Waals surface area contributed by atoms with Crippen LogP contribution in [0, 0.1) is 17.1 Å². The molecule has 0 saturated heterocycles. The van der Waals surface area contributed by atoms with Crippen LogP contribution in [0.15, 0.2) is 34.5 Å². The summed E-state index contributed by atoms with van der Waals surface area (Å²) in [6.45, 7) is 1.79. The SMILES string of the molecule is C/C(=N\Nc1nc(SCC#N)n[nH]1)c1ccc(F)cc1. The number of H-pyrrole nitrogens is 1. The normalized spacial score (nSPS) is 11.2. The molecule has 0 spiro atoms. The third kappa shape index (κ3) is 3.80. The second-order valence-corrected chi connectivity index (χ2v) is 4.67. The number of nitrogens with one attached hydrogen (secondary N) is 2. The Morgan fingerprint density at radius 1 is 1.50 bits per heavy atom. The van der Waals surface area contributed by atoms with Gasteiger partial charge in [0.05, 0.1) is 17.5 Å². The van der Waals surface area contributed by atoms with E-state index in [4.69, 9.17) is 5.26 Å². The first-order valence-corrected chi connectivity index (χ1v) is 6.66. The summed E-state index contributed by atoms with van der Waals surface area (Å²) in [5.74, 6) is 0.380. The number of thioether (sulfide) groups is 1. The van der Waals surface area contributed by atoms with E-state index < -0.39 is 0 Å². The first-order valence-electron chi connectivity index (χ1n) is 5.67. The van der Waals surface area contributed by atoms with Crippen LogP contribution >= 0.6 is 11.8 Å². The zero-order valence-electron chi connectivity index (χ0n) is 10.6. The lowest BCUT2D eigenvalue weighted by molar-refractivity contribution is 0.628. The molecule has 0 bridgehead atoms. The number of hydrogen-bond acceptors (Lipinski definition) is 6. The molecule has 0 fully saturated rings. The molecular weight excluding hydrogens is 279 g/mol. The van der Waals surface area contributed by atoms with Gasteiger partial charge in [0.1, 0.15) is 5.82 Å². The van der Waals surface area contributed by atoms with Gasteiger partial charge in [-0.25, -0.2) is 14.9 Å². The minimum atomic E-state index is -0.288. The number of benzene rings is 1. The highest BCUT2D eigenvalue weighted by Gasteiger charge is 2.03. The molecule has 1 aromatic heterocycles. The van der Waals surface area contributed by atoms with E-state index in [0.29, 0.717) is 16.8 Å². The number of hydrazone groups is 1. The summed E-state index contributed by atoms with van der Waals surface area (Å²) in [5.41, 5.74) is 4.21. The van der Waals surface area contributed by atoms with Crippen molar-refractivity contribution >= 4 is 23.4 Å². The number of aromatic nitrogens is 3. The van der Waals surface area contributed by atoms with Crippen LogP contribution in [0.4, 0.5) is 10.3 Å². The quantitative estimate of drug-likeness (QED) is 0.501. The van der Waals surface area contributed by atoms with Crippen LogP contribution < -0.4 is 5.43 Å². The Bertz CT molecular complexity index is 643. The fraction of sp³-hybridized carbons (Fsp3) is 0.167. The minimum absolute atomic E-state index is 0.287. The van der Waals surface area contributed by atoms with Crippen LogP contribution in [0.2, 0.25) is 0 Å². The molecule has 0 aliphatic heterocycles. The van der Waals surface area contributed by atoms with Crippen LogP contribution in [0.5, 0.6) is 0 Å². The van der Waals surface area contributed by atoms with E-state index in [1.807, 2.05) is 6.07 Å². The van der Waals surface area contributed by atoms with E-state index in [9.17, 15) is 4.39 Å². The second-order valence-electron chi connectivity index (χ2n) is 3.73. The Morgan fingerprint density at radius 2 is 2.25 bits per heavy atom. The van der Waals surface area contributed by atoms with Crippen LogP contribution in [-0.4, -0.2) is 26.6 Å². The van der Waals surface area contributed by atoms with Crippen LogP contribution in [-0.2, 0) is 0 Å². The van der Waals surface area contributed by atoms with Gasteiger partial charge < -0.3 is 0 Å². The van der Waals surface area contributed by atoms with Crippen molar-refractivity contribution in [3.63, 3.8) is 0 Å². The molecule has 0 amide bonds. The van der Waals surface area contributed by atoms with Crippen molar-refractivity contribution in [2.24, 2.45) is 5.10 Å². The molecule has 6 nitrogen and oxygen atoms in total. The van der Waals surface area contributed by atoms with Crippen molar-refractivity contribution in [2.45, 2.75) is 12.1 Å². The van der Waals surface area contributed by atoms with Crippen LogP contribution in [0.3, 0.4) is 0 Å². The number of hydrogen-bond donors (Lipinski definition) is 2. The van der Waals surface area contributed by atoms with Gasteiger partial charge in [-0.2, -0.15) is 15.3 Å². The summed E-state index contributed by atoms with van der Waals surface area (Å²) in [6.07, 6.45) is 0. The van der Waals surface area contributed by atoms with Crippen molar-refractivity contribution in [3.8, 4) is 6.07 Å². The van der Waals surface area contributed by atoms with Crippen molar-refractivity contribution in [1.29, 1.82) is 5.26 Å². The van der Waals surface area contributed by atoms with E-state index in [-0.39, 0.29) is 11.6 Å². The van der Waals surface area contributed by atoms with E-state index >= 15 is 0 Å². The molecule has 0 aliphatic carbocycles. The molecule has 0 radical (unpaired) electrons. The summed E-state index contributed by atoms with van der Waals surface area (Å²) >= 11 is 1.23. The van der Waals surface area contributed by atoms with Crippen LogP contribution in [0.1, 0.15) is 12.5 Å². The number of anilines is 1. The number of nitrogens with zero attached hydrogens (tertiary/aromatic N) is 4. The van der Waals surface area contributed by atoms with Gasteiger partial charge in [-0.1, -0.05) is 23.9 Å². The molecule has 2 aromatic rings. The van der Waals surface area contributed by atoms with Crippen molar-refractivity contribution in [1.82, 2.24) is 15.2 Å². The van der Waals surface area contributed by atoms with E-state index in [0.717, 1.165) is 5.56 Å². The fourth-order valence-corrected chi connectivity index (χ4v) is 1.81. The molecule has 1 heterocycles. The smallest absolute Gasteiger partial charge is 0.240 e. The maximum absolute atomic E-state index is 12.8. The van der Waals surface area contributed by atoms with Crippen molar-refractivity contribution in [2.75, 3.05) is 11.2 Å². The number of nitriles is 1. The van der Waals surface area contributed by atoms with E-state index in [2.05, 4.69) is 25.7 Å². The highest BCUT2D eigenvalue weighted by Crippen LogP contribution is 2.13. The molecule has 0 atom stereocenters. The fourth-order valence-electron chi connectivity index (χ4n) is 1.35. The number of halogens is 1. The molecule has 2 rings (SSSR count). The molecule has 0 saturated carbocycles. The molecule has 8 heteroatoms. The predicted molar refractivity (Wildman–Crippen MR) is 75.0 cm³/mol. The highest BCUT2D eigenvalue weighted by atomic mass is 32.2. The van der Waals surface area contributed by atoms with Gasteiger partial charge >= 0.3 is 0 Å². The summed E-state index contributed by atoms with van der Waals surface area (Å²) < 4.78 is 12.8. The molecule has 0 unspecified atom stereocenters. The number of rotatable bonds is 5. The average Bonchev–Trinajstić information content (AvgIpc) is 2.91. The molecular formula is C12H11FN6S. The van der Waals surface area contributed by atoms with Gasteiger partial charge in [-0.3, -0.25) is 0 Å². The van der Waals surface area contributed by atoms with Crippen molar-refractivity contribution in [3.05, 3.63) is 35.6 Å². The summed E-state index contributed by atoms with van der Waals surface area (Å²) in [6, 6.07) is 8.03. The zero-order valence-corrected chi connectivity index (χ0v) is 11.4. The number of aromatic amines is 1. The largest absolute Gasteiger partial charge is 0.245 e. The second kappa shape index (κ2) is 6.68. The summed E-state index contributed by atoms with van der Waals surface area (Å²) in [5, 5.41) is 19.6. The third-order valence-corrected chi connectivity index (χ3v) is 3.04. The Kier molecular flexibility index (Phi) is 4.68. The molecule has 20 heavy (non-hydrogen) atoms. The third-order valence-electron chi connectivity index (χ3n) is 2.32. The maximum atomic E-state index is 12.8. The summed E-state index contributed by atoms with van der Waals surface area (Å²) in [4.78, 5) is 4.09. The van der Waals surface area contributed by atoms with Crippen molar-refractivity contribution < 1.29 is 4.39 Å². The lowest BCUT2D eigenvalue weighted by Gasteiger charge is -2.00. The van der Waals surface area contributed by atoms with Crippen LogP contribution in [0.25, 0.3) is 0 Å². The predicted octanol–water partition coefficient (Wildman–Crippen LogP) is 2.40. The minimum Gasteiger partial charge on any atom is -0.245 e. The lowest BCUT2D eigenvalue weighted by Crippen LogP contribution is -2.00. The monoisotopic (exact) mass is 290 g/mol. The maximum Gasteiger partial charge on any atom is 0.240 e. The molecule has 0 aliphatic rings. The molecule has 1 aromatic carbocycles. The lowest BCUT2D eigenvalue weighted by atomic mass is 10.1. The van der Waals surface area contributed by atoms with Gasteiger partial charge in [-0.05, 0) is 24.6 Å². The van der Waals surface area contributed by atoms with E-state index in [1.165, 1.54) is 23.9 Å². The van der Waals surface area contributed by atoms with Gasteiger partial charge in [0.2, 0.25) is 11.1 Å². The Balaban J connectivity index is 1.99. The Labute approximate surface area is 119 Å². The topological polar surface area (TPSA) is 89.8 Å². The van der Waals surface area contributed by atoms with Gasteiger partial charge in [-0.15, -0.1) is 5.10 Å². The zero-order chi connectivity index (χ0) is 14.4. The first-order chi connectivity index (χ1) is 9.69. The first kappa shape index (κ1) is 14.0. The molecule has 2 N–H and O–H groups in total. The van der Waals surface area contributed by atoms with Gasteiger partial charge in [0.25, 0.3) is 0 Å². The highest BCUT2D eigenvalue weighted by molar-refractivity contribution is 7.99. The molecule has 102 valence electrons. The Hall–Kier alpha value is -2.40.